The molecule has 1 aliphatic rings. The predicted octanol–water partition coefficient (Wildman–Crippen LogP) is 3.00. The van der Waals surface area contributed by atoms with Crippen LogP contribution in [0.15, 0.2) is 41.8 Å². The molecular formula is C19H23NO4S. The molecule has 1 aromatic carbocycles. The molecule has 5 nitrogen and oxygen atoms in total. The molecule has 0 unspecified atom stereocenters. The summed E-state index contributed by atoms with van der Waals surface area (Å²) in [6.45, 7) is 2.08. The second-order valence-corrected chi connectivity index (χ2v) is 7.06. The summed E-state index contributed by atoms with van der Waals surface area (Å²) in [5.74, 6) is 1.29. The zero-order valence-corrected chi connectivity index (χ0v) is 15.1. The lowest BCUT2D eigenvalue weighted by molar-refractivity contribution is -0.123. The number of thiophene rings is 1. The van der Waals surface area contributed by atoms with Gasteiger partial charge in [-0.2, -0.15) is 0 Å². The van der Waals surface area contributed by atoms with Gasteiger partial charge >= 0.3 is 0 Å². The van der Waals surface area contributed by atoms with E-state index in [0.29, 0.717) is 12.3 Å². The summed E-state index contributed by atoms with van der Waals surface area (Å²) < 4.78 is 16.2. The minimum Gasteiger partial charge on any atom is -0.497 e. The number of rotatable bonds is 7. The highest BCUT2D eigenvalue weighted by atomic mass is 32.1. The van der Waals surface area contributed by atoms with E-state index in [0.717, 1.165) is 31.8 Å². The minimum absolute atomic E-state index is 0.00332. The summed E-state index contributed by atoms with van der Waals surface area (Å²) in [4.78, 5) is 13.5. The molecule has 1 aliphatic heterocycles. The normalized spacial score (nSPS) is 16.2. The molecule has 0 atom stereocenters. The van der Waals surface area contributed by atoms with Crippen LogP contribution in [0.25, 0.3) is 0 Å². The summed E-state index contributed by atoms with van der Waals surface area (Å²) in [5, 5.41) is 5.12. The van der Waals surface area contributed by atoms with Crippen molar-refractivity contribution in [3.63, 3.8) is 0 Å². The third-order valence-electron chi connectivity index (χ3n) is 4.55. The van der Waals surface area contributed by atoms with Crippen molar-refractivity contribution in [2.75, 3.05) is 33.5 Å². The van der Waals surface area contributed by atoms with Crippen molar-refractivity contribution in [1.29, 1.82) is 0 Å². The minimum atomic E-state index is -0.113. The second-order valence-electron chi connectivity index (χ2n) is 6.11. The van der Waals surface area contributed by atoms with Crippen molar-refractivity contribution in [2.45, 2.75) is 18.3 Å². The van der Waals surface area contributed by atoms with Crippen molar-refractivity contribution in [3.05, 3.63) is 46.7 Å². The molecule has 0 radical (unpaired) electrons. The van der Waals surface area contributed by atoms with E-state index in [1.165, 1.54) is 4.88 Å². The Kier molecular flexibility index (Phi) is 5.94. The van der Waals surface area contributed by atoms with Gasteiger partial charge in [0.15, 0.2) is 6.61 Å². The number of carbonyl (C=O) groups is 1. The maximum absolute atomic E-state index is 12.2. The van der Waals surface area contributed by atoms with Crippen molar-refractivity contribution >= 4 is 17.2 Å². The summed E-state index contributed by atoms with van der Waals surface area (Å²) >= 11 is 1.74. The molecule has 0 spiro atoms. The van der Waals surface area contributed by atoms with Gasteiger partial charge in [0.05, 0.1) is 7.11 Å². The van der Waals surface area contributed by atoms with Gasteiger partial charge in [-0.15, -0.1) is 11.3 Å². The molecule has 0 bridgehead atoms. The molecule has 1 saturated heterocycles. The fraction of sp³-hybridized carbons (Fsp3) is 0.421. The second kappa shape index (κ2) is 8.36. The third-order valence-corrected chi connectivity index (χ3v) is 5.66. The molecule has 2 aromatic rings. The summed E-state index contributed by atoms with van der Waals surface area (Å²) in [6, 6.07) is 11.4. The van der Waals surface area contributed by atoms with Crippen molar-refractivity contribution in [1.82, 2.24) is 5.32 Å². The van der Waals surface area contributed by atoms with Gasteiger partial charge in [-0.25, -0.2) is 0 Å². The molecule has 25 heavy (non-hydrogen) atoms. The zero-order valence-electron chi connectivity index (χ0n) is 14.3. The Morgan fingerprint density at radius 3 is 2.56 bits per heavy atom. The van der Waals surface area contributed by atoms with E-state index in [4.69, 9.17) is 14.2 Å². The van der Waals surface area contributed by atoms with Crippen LogP contribution in [0.2, 0.25) is 0 Å². The summed E-state index contributed by atoms with van der Waals surface area (Å²) in [7, 11) is 1.61. The molecule has 0 saturated carbocycles. The van der Waals surface area contributed by atoms with Crippen molar-refractivity contribution in [3.8, 4) is 11.5 Å². The number of hydrogen-bond donors (Lipinski definition) is 1. The molecule has 0 aliphatic carbocycles. The number of ether oxygens (including phenoxy) is 3. The highest BCUT2D eigenvalue weighted by molar-refractivity contribution is 7.10. The number of hydrogen-bond acceptors (Lipinski definition) is 5. The molecule has 3 rings (SSSR count). The molecule has 1 fully saturated rings. The lowest BCUT2D eigenvalue weighted by atomic mass is 9.78. The van der Waals surface area contributed by atoms with E-state index in [1.54, 1.807) is 42.7 Å². The Morgan fingerprint density at radius 2 is 1.92 bits per heavy atom. The highest BCUT2D eigenvalue weighted by Gasteiger charge is 2.35. The van der Waals surface area contributed by atoms with Gasteiger partial charge in [0, 0.05) is 30.1 Å². The van der Waals surface area contributed by atoms with Crippen LogP contribution in [-0.4, -0.2) is 39.4 Å². The molecule has 6 heteroatoms. The maximum Gasteiger partial charge on any atom is 0.257 e. The van der Waals surface area contributed by atoms with Gasteiger partial charge in [0.25, 0.3) is 5.91 Å². The van der Waals surface area contributed by atoms with Crippen LogP contribution in [0.1, 0.15) is 17.7 Å². The average molecular weight is 361 g/mol. The van der Waals surface area contributed by atoms with E-state index in [1.807, 2.05) is 0 Å². The molecular weight excluding hydrogens is 338 g/mol. The van der Waals surface area contributed by atoms with Gasteiger partial charge in [-0.05, 0) is 48.6 Å². The van der Waals surface area contributed by atoms with Crippen molar-refractivity contribution < 1.29 is 19.0 Å². The lowest BCUT2D eigenvalue weighted by Crippen LogP contribution is -2.45. The van der Waals surface area contributed by atoms with E-state index in [9.17, 15) is 4.79 Å². The molecule has 1 amide bonds. The average Bonchev–Trinajstić information content (AvgIpc) is 3.21. The molecule has 2 heterocycles. The van der Waals surface area contributed by atoms with Crippen LogP contribution in [0.5, 0.6) is 11.5 Å². The fourth-order valence-corrected chi connectivity index (χ4v) is 3.98. The van der Waals surface area contributed by atoms with E-state index < -0.39 is 0 Å². The monoisotopic (exact) mass is 361 g/mol. The molecule has 1 aromatic heterocycles. The standard InChI is InChI=1S/C19H23NO4S/c1-22-15-4-6-16(7-5-15)24-13-18(21)20-14-19(8-10-23-11-9-19)17-3-2-12-25-17/h2-7,12H,8-11,13-14H2,1H3,(H,20,21). The van der Waals surface area contributed by atoms with Crippen LogP contribution < -0.4 is 14.8 Å². The Hall–Kier alpha value is -2.05. The Labute approximate surface area is 151 Å². The van der Waals surface area contributed by atoms with Crippen LogP contribution >= 0.6 is 11.3 Å². The van der Waals surface area contributed by atoms with Gasteiger partial charge in [-0.3, -0.25) is 4.79 Å². The number of carbonyl (C=O) groups excluding carboxylic acids is 1. The first-order valence-electron chi connectivity index (χ1n) is 8.37. The topological polar surface area (TPSA) is 56.8 Å². The Bertz CT molecular complexity index is 663. The largest absolute Gasteiger partial charge is 0.497 e. The first kappa shape index (κ1) is 17.8. The maximum atomic E-state index is 12.2. The first-order chi connectivity index (χ1) is 12.2. The summed E-state index contributed by atoms with van der Waals surface area (Å²) in [5.41, 5.74) is -0.0256. The number of nitrogens with one attached hydrogen (secondary N) is 1. The van der Waals surface area contributed by atoms with Crippen LogP contribution in [-0.2, 0) is 14.9 Å². The third kappa shape index (κ3) is 4.52. The predicted molar refractivity (Wildman–Crippen MR) is 97.5 cm³/mol. The SMILES string of the molecule is COc1ccc(OCC(=O)NCC2(c3cccs3)CCOCC2)cc1. The van der Waals surface area contributed by atoms with Crippen LogP contribution in [0, 0.1) is 0 Å². The van der Waals surface area contributed by atoms with Gasteiger partial charge in [0.1, 0.15) is 11.5 Å². The highest BCUT2D eigenvalue weighted by Crippen LogP contribution is 2.36. The summed E-state index contributed by atoms with van der Waals surface area (Å²) in [6.07, 6.45) is 1.85. The Balaban J connectivity index is 1.53. The van der Waals surface area contributed by atoms with E-state index in [2.05, 4.69) is 22.8 Å². The molecule has 134 valence electrons. The Morgan fingerprint density at radius 1 is 1.20 bits per heavy atom. The van der Waals surface area contributed by atoms with Crippen LogP contribution in [0.4, 0.5) is 0 Å². The van der Waals surface area contributed by atoms with Gasteiger partial charge in [0.2, 0.25) is 0 Å². The molecule has 1 N–H and O–H groups in total. The van der Waals surface area contributed by atoms with Gasteiger partial charge < -0.3 is 19.5 Å². The van der Waals surface area contributed by atoms with Crippen molar-refractivity contribution in [2.24, 2.45) is 0 Å². The quantitative estimate of drug-likeness (QED) is 0.824. The van der Waals surface area contributed by atoms with Gasteiger partial charge in [-0.1, -0.05) is 6.07 Å². The number of amides is 1. The lowest BCUT2D eigenvalue weighted by Gasteiger charge is -2.36. The van der Waals surface area contributed by atoms with E-state index >= 15 is 0 Å². The number of benzene rings is 1. The fourth-order valence-electron chi connectivity index (χ4n) is 2.99. The smallest absolute Gasteiger partial charge is 0.257 e. The number of methoxy groups -OCH3 is 1. The van der Waals surface area contributed by atoms with Crippen LogP contribution in [0.3, 0.4) is 0 Å². The van der Waals surface area contributed by atoms with E-state index in [-0.39, 0.29) is 17.9 Å². The zero-order chi connectivity index (χ0) is 17.5. The first-order valence-corrected chi connectivity index (χ1v) is 9.25.